The van der Waals surface area contributed by atoms with Crippen LogP contribution < -0.4 is 0 Å². The highest BCUT2D eigenvalue weighted by Gasteiger charge is 2.54. The minimum Gasteiger partial charge on any atom is -0.479 e. The van der Waals surface area contributed by atoms with Crippen LogP contribution in [0.1, 0.15) is 65.2 Å². The number of carboxylic acid groups (broad SMARTS) is 1. The lowest BCUT2D eigenvalue weighted by Gasteiger charge is -2.48. The predicted octanol–water partition coefficient (Wildman–Crippen LogP) is -0.330. The minimum atomic E-state index is -1.47. The second kappa shape index (κ2) is 12.9. The van der Waals surface area contributed by atoms with E-state index in [1.54, 1.807) is 6.92 Å². The molecule has 13 nitrogen and oxygen atoms in total. The maximum atomic E-state index is 12.1. The van der Waals surface area contributed by atoms with E-state index in [2.05, 4.69) is 0 Å². The van der Waals surface area contributed by atoms with E-state index in [-0.39, 0.29) is 11.3 Å². The van der Waals surface area contributed by atoms with Crippen molar-refractivity contribution in [3.8, 4) is 0 Å². The molecule has 41 heavy (non-hydrogen) atoms. The molecular weight excluding hydrogens is 544 g/mol. The summed E-state index contributed by atoms with van der Waals surface area (Å²) >= 11 is 0. The number of aliphatic hydroxyl groups excluding tert-OH is 5. The van der Waals surface area contributed by atoms with Gasteiger partial charge in [0, 0.05) is 6.61 Å². The molecule has 0 radical (unpaired) electrons. The van der Waals surface area contributed by atoms with Gasteiger partial charge in [-0.1, -0.05) is 19.8 Å². The summed E-state index contributed by atoms with van der Waals surface area (Å²) in [6.07, 6.45) is -8.40. The van der Waals surface area contributed by atoms with Crippen molar-refractivity contribution in [3.63, 3.8) is 0 Å². The van der Waals surface area contributed by atoms with E-state index < -0.39 is 92.3 Å². The average Bonchev–Trinajstić information content (AvgIpc) is 3.70. The van der Waals surface area contributed by atoms with Crippen LogP contribution >= 0.6 is 0 Å². The van der Waals surface area contributed by atoms with Crippen molar-refractivity contribution < 1.29 is 63.9 Å². The first-order valence-corrected chi connectivity index (χ1v) is 15.0. The standard InChI is InChI=1S/C28H46O13/c1-3-14-5-4-6-15(22(14)41-26-21(33)20(32)18(30)13(2)37-26)39-27-24-23(19(31)17(12-29)40-27)38-16(25(34)35)11-28(7-8-28)9-10-36-24/h13-24,26-27,29-33H,3-12H2,1-2H3,(H,34,35). The molecule has 3 aliphatic heterocycles. The number of aliphatic hydroxyl groups is 5. The largest absolute Gasteiger partial charge is 0.479 e. The van der Waals surface area contributed by atoms with Crippen LogP contribution in [0.5, 0.6) is 0 Å². The molecule has 0 amide bonds. The topological polar surface area (TPSA) is 194 Å². The number of fused-ring (bicyclic) bond motifs is 1. The summed E-state index contributed by atoms with van der Waals surface area (Å²) in [6, 6.07) is 0. The number of aliphatic carboxylic acids is 1. The lowest BCUT2D eigenvalue weighted by Crippen LogP contribution is -2.63. The predicted molar refractivity (Wildman–Crippen MR) is 138 cm³/mol. The van der Waals surface area contributed by atoms with Crippen LogP contribution in [0.4, 0.5) is 0 Å². The first kappa shape index (κ1) is 31.5. The Kier molecular flexibility index (Phi) is 9.93. The minimum absolute atomic E-state index is 0.0197. The van der Waals surface area contributed by atoms with Gasteiger partial charge in [0.2, 0.25) is 0 Å². The highest BCUT2D eigenvalue weighted by molar-refractivity contribution is 5.72. The Morgan fingerprint density at radius 3 is 2.32 bits per heavy atom. The molecule has 2 aliphatic carbocycles. The first-order valence-electron chi connectivity index (χ1n) is 15.0. The smallest absolute Gasteiger partial charge is 0.332 e. The molecule has 2 saturated carbocycles. The second-order valence-corrected chi connectivity index (χ2v) is 12.5. The van der Waals surface area contributed by atoms with E-state index >= 15 is 0 Å². The molecule has 13 heteroatoms. The summed E-state index contributed by atoms with van der Waals surface area (Å²) in [7, 11) is 0. The van der Waals surface area contributed by atoms with Gasteiger partial charge in [-0.2, -0.15) is 0 Å². The van der Waals surface area contributed by atoms with Gasteiger partial charge >= 0.3 is 5.97 Å². The van der Waals surface area contributed by atoms with Crippen LogP contribution in [0, 0.1) is 11.3 Å². The molecule has 0 aromatic carbocycles. The number of ether oxygens (including phenoxy) is 6. The van der Waals surface area contributed by atoms with Crippen molar-refractivity contribution in [3.05, 3.63) is 0 Å². The van der Waals surface area contributed by atoms with Crippen LogP contribution in [-0.4, -0.2) is 130 Å². The lowest BCUT2D eigenvalue weighted by molar-refractivity contribution is -0.352. The Bertz CT molecular complexity index is 885. The highest BCUT2D eigenvalue weighted by atomic mass is 16.7. The van der Waals surface area contributed by atoms with E-state index in [0.717, 1.165) is 32.1 Å². The molecule has 0 bridgehead atoms. The zero-order valence-corrected chi connectivity index (χ0v) is 23.7. The van der Waals surface area contributed by atoms with Gasteiger partial charge in [0.15, 0.2) is 18.7 Å². The molecule has 5 aliphatic rings. The van der Waals surface area contributed by atoms with Crippen molar-refractivity contribution in [1.29, 1.82) is 0 Å². The van der Waals surface area contributed by atoms with Crippen LogP contribution in [0.25, 0.3) is 0 Å². The third-order valence-corrected chi connectivity index (χ3v) is 9.74. The van der Waals surface area contributed by atoms with E-state index in [9.17, 15) is 35.4 Å². The van der Waals surface area contributed by atoms with E-state index in [0.29, 0.717) is 25.9 Å². The molecule has 5 fully saturated rings. The second-order valence-electron chi connectivity index (χ2n) is 12.5. The fourth-order valence-corrected chi connectivity index (χ4v) is 6.85. The Morgan fingerprint density at radius 2 is 1.66 bits per heavy atom. The SMILES string of the molecule is CCC1CCCC(OC2OC(CO)C(O)C3OC(C(=O)O)CC4(CCOC23)CC4)C1OC1OC(C)C(O)C(O)C1O. The van der Waals surface area contributed by atoms with Gasteiger partial charge < -0.3 is 59.1 Å². The Morgan fingerprint density at radius 1 is 0.902 bits per heavy atom. The summed E-state index contributed by atoms with van der Waals surface area (Å²) in [5, 5.41) is 62.0. The van der Waals surface area contributed by atoms with Crippen molar-refractivity contribution in [1.82, 2.24) is 0 Å². The highest BCUT2D eigenvalue weighted by Crippen LogP contribution is 2.53. The molecule has 0 aromatic heterocycles. The van der Waals surface area contributed by atoms with Crippen molar-refractivity contribution in [2.75, 3.05) is 13.2 Å². The van der Waals surface area contributed by atoms with Gasteiger partial charge in [-0.05, 0) is 56.8 Å². The molecule has 14 unspecified atom stereocenters. The average molecular weight is 591 g/mol. The van der Waals surface area contributed by atoms with Gasteiger partial charge in [0.05, 0.1) is 24.9 Å². The molecule has 1 spiro atoms. The summed E-state index contributed by atoms with van der Waals surface area (Å²) in [6.45, 7) is 3.36. The third kappa shape index (κ3) is 6.60. The first-order chi connectivity index (χ1) is 19.6. The van der Waals surface area contributed by atoms with E-state index in [4.69, 9.17) is 28.4 Å². The van der Waals surface area contributed by atoms with E-state index in [1.165, 1.54) is 0 Å². The van der Waals surface area contributed by atoms with Gasteiger partial charge in [-0.15, -0.1) is 0 Å². The van der Waals surface area contributed by atoms with E-state index in [1.807, 2.05) is 6.92 Å². The van der Waals surface area contributed by atoms with Gasteiger partial charge in [-0.25, -0.2) is 4.79 Å². The van der Waals surface area contributed by atoms with Crippen molar-refractivity contribution in [2.24, 2.45) is 11.3 Å². The zero-order chi connectivity index (χ0) is 29.5. The molecule has 0 aromatic rings. The Labute approximate surface area is 239 Å². The number of carbonyl (C=O) groups is 1. The Balaban J connectivity index is 1.37. The number of rotatable bonds is 7. The van der Waals surface area contributed by atoms with Gasteiger partial charge in [-0.3, -0.25) is 0 Å². The van der Waals surface area contributed by atoms with Crippen LogP contribution in [0.2, 0.25) is 0 Å². The number of hydrogen-bond donors (Lipinski definition) is 6. The summed E-state index contributed by atoms with van der Waals surface area (Å²) in [4.78, 5) is 12.1. The molecule has 6 N–H and O–H groups in total. The fourth-order valence-electron chi connectivity index (χ4n) is 6.85. The van der Waals surface area contributed by atoms with Crippen molar-refractivity contribution >= 4 is 5.97 Å². The molecule has 5 rings (SSSR count). The maximum Gasteiger partial charge on any atom is 0.332 e. The van der Waals surface area contributed by atoms with Crippen LogP contribution in [-0.2, 0) is 33.2 Å². The lowest BCUT2D eigenvalue weighted by atomic mass is 9.82. The van der Waals surface area contributed by atoms with Gasteiger partial charge in [0.1, 0.15) is 42.7 Å². The monoisotopic (exact) mass is 590 g/mol. The Hall–Kier alpha value is -0.970. The van der Waals surface area contributed by atoms with Crippen LogP contribution in [0.3, 0.4) is 0 Å². The molecule has 14 atom stereocenters. The normalized spacial score (nSPS) is 48.5. The number of hydrogen-bond acceptors (Lipinski definition) is 12. The zero-order valence-electron chi connectivity index (χ0n) is 23.7. The molecular formula is C28H46O13. The molecule has 3 heterocycles. The summed E-state index contributed by atoms with van der Waals surface area (Å²) in [5.41, 5.74) is -0.165. The van der Waals surface area contributed by atoms with Crippen molar-refractivity contribution in [2.45, 2.75) is 145 Å². The summed E-state index contributed by atoms with van der Waals surface area (Å²) < 4.78 is 36.8. The van der Waals surface area contributed by atoms with Crippen LogP contribution in [0.15, 0.2) is 0 Å². The third-order valence-electron chi connectivity index (χ3n) is 9.74. The molecule has 3 saturated heterocycles. The molecule has 236 valence electrons. The quantitative estimate of drug-likeness (QED) is 0.226. The number of carboxylic acids is 1. The van der Waals surface area contributed by atoms with Gasteiger partial charge in [0.25, 0.3) is 0 Å². The maximum absolute atomic E-state index is 12.1. The fraction of sp³-hybridized carbons (Fsp3) is 0.964. The summed E-state index contributed by atoms with van der Waals surface area (Å²) in [5.74, 6) is -1.10.